The Balaban J connectivity index is 1.67. The minimum absolute atomic E-state index is 0.0435. The van der Waals surface area contributed by atoms with E-state index in [4.69, 9.17) is 4.74 Å². The van der Waals surface area contributed by atoms with Gasteiger partial charge in [0.25, 0.3) is 0 Å². The number of ether oxygens (including phenoxy) is 1. The molecule has 0 saturated heterocycles. The predicted octanol–water partition coefficient (Wildman–Crippen LogP) is 2.39. The van der Waals surface area contributed by atoms with Crippen LogP contribution in [0, 0.1) is 0 Å². The van der Waals surface area contributed by atoms with Crippen molar-refractivity contribution in [2.45, 2.75) is 6.10 Å². The first kappa shape index (κ1) is 13.4. The van der Waals surface area contributed by atoms with Crippen molar-refractivity contribution in [3.63, 3.8) is 0 Å². The van der Waals surface area contributed by atoms with Crippen LogP contribution in [-0.4, -0.2) is 23.2 Å². The summed E-state index contributed by atoms with van der Waals surface area (Å²) in [5.74, 6) is 0. The number of hydrogen-bond acceptors (Lipinski definition) is 3. The van der Waals surface area contributed by atoms with E-state index in [1.165, 1.54) is 0 Å². The van der Waals surface area contributed by atoms with Gasteiger partial charge in [0.15, 0.2) is 0 Å². The fraction of sp³-hybridized carbons (Fsp3) is 0.176. The Bertz CT molecular complexity index is 729. The molecule has 4 nitrogen and oxygen atoms in total. The van der Waals surface area contributed by atoms with E-state index in [1.807, 2.05) is 66.4 Å². The number of aromatic nitrogens is 1. The van der Waals surface area contributed by atoms with Crippen LogP contribution in [0.3, 0.4) is 0 Å². The first-order valence-electron chi connectivity index (χ1n) is 6.92. The maximum Gasteiger partial charge on any atom is 0.314 e. The summed E-state index contributed by atoms with van der Waals surface area (Å²) in [7, 11) is 1.95. The molecule has 0 amide bonds. The van der Waals surface area contributed by atoms with Crippen molar-refractivity contribution in [1.29, 1.82) is 0 Å². The molecule has 0 fully saturated rings. The van der Waals surface area contributed by atoms with Gasteiger partial charge in [-0.1, -0.05) is 42.5 Å². The smallest absolute Gasteiger partial charge is 0.314 e. The van der Waals surface area contributed by atoms with Crippen molar-refractivity contribution in [1.82, 2.24) is 4.57 Å². The van der Waals surface area contributed by atoms with Gasteiger partial charge < -0.3 is 9.30 Å². The summed E-state index contributed by atoms with van der Waals surface area (Å²) in [6.07, 6.45) is 5.97. The number of hydrogen-bond donors (Lipinski definition) is 0. The third-order valence-corrected chi connectivity index (χ3v) is 3.20. The van der Waals surface area contributed by atoms with Gasteiger partial charge in [-0.15, -0.1) is 0 Å². The Labute approximate surface area is 123 Å². The first-order valence-corrected chi connectivity index (χ1v) is 6.92. The van der Waals surface area contributed by atoms with Gasteiger partial charge in [0.1, 0.15) is 11.6 Å². The van der Waals surface area contributed by atoms with Crippen LogP contribution in [-0.2, 0) is 11.8 Å². The van der Waals surface area contributed by atoms with Crippen LogP contribution >= 0.6 is 0 Å². The molecule has 1 atom stereocenters. The summed E-state index contributed by atoms with van der Waals surface area (Å²) in [5.41, 5.74) is 1.98. The lowest BCUT2D eigenvalue weighted by atomic mass is 10.2. The zero-order chi connectivity index (χ0) is 14.5. The molecule has 1 aliphatic heterocycles. The minimum atomic E-state index is -0.0435. The third kappa shape index (κ3) is 3.48. The van der Waals surface area contributed by atoms with Crippen molar-refractivity contribution in [2.24, 2.45) is 17.0 Å². The molecular weight excluding hydrogens is 262 g/mol. The van der Waals surface area contributed by atoms with Crippen LogP contribution in [0.15, 0.2) is 70.8 Å². The molecule has 0 bridgehead atoms. The second-order valence-electron chi connectivity index (χ2n) is 4.83. The molecular formula is C17H17N3O. The van der Waals surface area contributed by atoms with E-state index in [0.29, 0.717) is 12.6 Å². The predicted molar refractivity (Wildman–Crippen MR) is 83.6 cm³/mol. The van der Waals surface area contributed by atoms with Crippen LogP contribution in [0.5, 0.6) is 0 Å². The maximum absolute atomic E-state index is 5.73. The average Bonchev–Trinajstić information content (AvgIpc) is 2.96. The molecule has 0 spiro atoms. The number of pyridine rings is 1. The highest BCUT2D eigenvalue weighted by Gasteiger charge is 2.16. The number of rotatable bonds is 2. The van der Waals surface area contributed by atoms with Crippen molar-refractivity contribution in [3.05, 3.63) is 71.9 Å². The molecule has 2 heterocycles. The molecule has 106 valence electrons. The molecule has 3 rings (SSSR count). The molecule has 1 aromatic heterocycles. The number of aryl methyl sites for hydroxylation is 1. The highest BCUT2D eigenvalue weighted by molar-refractivity contribution is 5.76. The van der Waals surface area contributed by atoms with Crippen molar-refractivity contribution >= 4 is 12.1 Å². The number of nitrogens with zero attached hydrogens (tertiary/aromatic N) is 3. The van der Waals surface area contributed by atoms with Crippen molar-refractivity contribution in [2.75, 3.05) is 6.54 Å². The summed E-state index contributed by atoms with van der Waals surface area (Å²) in [6.45, 7) is 0.610. The summed E-state index contributed by atoms with van der Waals surface area (Å²) in [4.78, 5) is 8.75. The average molecular weight is 279 g/mol. The van der Waals surface area contributed by atoms with Gasteiger partial charge in [0.05, 0.1) is 6.54 Å². The monoisotopic (exact) mass is 279 g/mol. The van der Waals surface area contributed by atoms with E-state index in [9.17, 15) is 0 Å². The van der Waals surface area contributed by atoms with Gasteiger partial charge in [-0.2, -0.15) is 4.99 Å². The maximum atomic E-state index is 5.73. The summed E-state index contributed by atoms with van der Waals surface area (Å²) < 4.78 is 7.65. The van der Waals surface area contributed by atoms with E-state index in [2.05, 4.69) is 22.1 Å². The minimum Gasteiger partial charge on any atom is -0.454 e. The molecule has 1 unspecified atom stereocenters. The fourth-order valence-electron chi connectivity index (χ4n) is 2.05. The highest BCUT2D eigenvalue weighted by atomic mass is 16.5. The molecule has 0 radical (unpaired) electrons. The first-order chi connectivity index (χ1) is 10.3. The Morgan fingerprint density at radius 1 is 1.19 bits per heavy atom. The van der Waals surface area contributed by atoms with Crippen molar-refractivity contribution < 1.29 is 4.74 Å². The lowest BCUT2D eigenvalue weighted by Gasteiger charge is -2.04. The van der Waals surface area contributed by atoms with Gasteiger partial charge in [-0.3, -0.25) is 0 Å². The van der Waals surface area contributed by atoms with E-state index in [0.717, 1.165) is 11.1 Å². The molecule has 0 saturated carbocycles. The van der Waals surface area contributed by atoms with Gasteiger partial charge >= 0.3 is 6.02 Å². The SMILES string of the molecule is Cn1cccc/c1=N\C1=NCC(/C=C/c2ccccc2)O1. The van der Waals surface area contributed by atoms with Crippen LogP contribution in [0.1, 0.15) is 5.56 Å². The Hall–Kier alpha value is -2.62. The lowest BCUT2D eigenvalue weighted by molar-refractivity contribution is 0.270. The van der Waals surface area contributed by atoms with Crippen LogP contribution < -0.4 is 5.49 Å². The summed E-state index contributed by atoms with van der Waals surface area (Å²) in [5, 5.41) is 0. The second kappa shape index (κ2) is 6.22. The summed E-state index contributed by atoms with van der Waals surface area (Å²) in [6, 6.07) is 16.4. The highest BCUT2D eigenvalue weighted by Crippen LogP contribution is 2.09. The number of amidine groups is 1. The fourth-order valence-corrected chi connectivity index (χ4v) is 2.05. The normalized spacial score (nSPS) is 18.8. The van der Waals surface area contributed by atoms with Gasteiger partial charge in [0, 0.05) is 13.2 Å². The van der Waals surface area contributed by atoms with Crippen LogP contribution in [0.25, 0.3) is 6.08 Å². The van der Waals surface area contributed by atoms with E-state index >= 15 is 0 Å². The Morgan fingerprint density at radius 3 is 2.81 bits per heavy atom. The zero-order valence-corrected chi connectivity index (χ0v) is 11.9. The quantitative estimate of drug-likeness (QED) is 0.832. The second-order valence-corrected chi connectivity index (χ2v) is 4.83. The zero-order valence-electron chi connectivity index (χ0n) is 11.9. The molecule has 4 heteroatoms. The van der Waals surface area contributed by atoms with E-state index < -0.39 is 0 Å². The van der Waals surface area contributed by atoms with Crippen LogP contribution in [0.2, 0.25) is 0 Å². The topological polar surface area (TPSA) is 38.9 Å². The molecule has 0 N–H and O–H groups in total. The molecule has 0 aliphatic carbocycles. The third-order valence-electron chi connectivity index (χ3n) is 3.20. The largest absolute Gasteiger partial charge is 0.454 e. The van der Waals surface area contributed by atoms with Crippen LogP contribution in [0.4, 0.5) is 0 Å². The standard InChI is InChI=1S/C17H17N3O/c1-20-12-6-5-9-16(20)19-17-18-13-15(21-17)11-10-14-7-3-2-4-8-14/h2-12,15H,13H2,1H3/b11-10+,19-16+. The van der Waals surface area contributed by atoms with Crippen molar-refractivity contribution in [3.8, 4) is 0 Å². The Morgan fingerprint density at radius 2 is 2.00 bits per heavy atom. The molecule has 21 heavy (non-hydrogen) atoms. The van der Waals surface area contributed by atoms with Gasteiger partial charge in [0.2, 0.25) is 0 Å². The van der Waals surface area contributed by atoms with E-state index in [1.54, 1.807) is 0 Å². The molecule has 2 aromatic rings. The number of benzene rings is 1. The number of aliphatic imine (C=N–C) groups is 1. The summed E-state index contributed by atoms with van der Waals surface area (Å²) >= 11 is 0. The molecule has 1 aromatic carbocycles. The van der Waals surface area contributed by atoms with E-state index in [-0.39, 0.29) is 6.10 Å². The van der Waals surface area contributed by atoms with Gasteiger partial charge in [-0.05, 0) is 23.8 Å². The van der Waals surface area contributed by atoms with Gasteiger partial charge in [-0.25, -0.2) is 4.99 Å². The molecule has 1 aliphatic rings. The lowest BCUT2D eigenvalue weighted by Crippen LogP contribution is -2.19. The Kier molecular flexibility index (Phi) is 3.96.